The maximum absolute atomic E-state index is 5.75. The molecule has 0 atom stereocenters. The van der Waals surface area contributed by atoms with E-state index in [1.165, 1.54) is 5.56 Å². The summed E-state index contributed by atoms with van der Waals surface area (Å²) in [4.78, 5) is 4.32. The van der Waals surface area contributed by atoms with Crippen molar-refractivity contribution in [2.24, 2.45) is 5.73 Å². The van der Waals surface area contributed by atoms with Gasteiger partial charge in [-0.05, 0) is 29.3 Å². The molecule has 1 heterocycles. The molecule has 0 saturated carbocycles. The molecule has 0 unspecified atom stereocenters. The highest BCUT2D eigenvalue weighted by molar-refractivity contribution is 5.63. The van der Waals surface area contributed by atoms with Crippen LogP contribution in [-0.4, -0.2) is 4.98 Å². The molecule has 104 valence electrons. The second-order valence-electron chi connectivity index (χ2n) is 4.66. The summed E-state index contributed by atoms with van der Waals surface area (Å²) in [7, 11) is 0. The van der Waals surface area contributed by atoms with Gasteiger partial charge in [0.05, 0.1) is 5.69 Å². The average molecular weight is 276 g/mol. The van der Waals surface area contributed by atoms with Gasteiger partial charge in [0.2, 0.25) is 5.88 Å². The van der Waals surface area contributed by atoms with Gasteiger partial charge in [-0.3, -0.25) is 0 Å². The molecule has 3 aromatic rings. The lowest BCUT2D eigenvalue weighted by molar-refractivity contribution is 0.461. The minimum Gasteiger partial charge on any atom is -0.439 e. The van der Waals surface area contributed by atoms with Crippen LogP contribution >= 0.6 is 0 Å². The number of pyridine rings is 1. The monoisotopic (exact) mass is 276 g/mol. The van der Waals surface area contributed by atoms with E-state index in [-0.39, 0.29) is 0 Å². The van der Waals surface area contributed by atoms with Crippen molar-refractivity contribution in [2.45, 2.75) is 6.54 Å². The highest BCUT2D eigenvalue weighted by Crippen LogP contribution is 2.24. The first-order chi connectivity index (χ1) is 10.3. The van der Waals surface area contributed by atoms with E-state index in [4.69, 9.17) is 10.5 Å². The minimum atomic E-state index is 0.407. The fourth-order valence-electron chi connectivity index (χ4n) is 2.09. The zero-order valence-corrected chi connectivity index (χ0v) is 11.6. The van der Waals surface area contributed by atoms with E-state index >= 15 is 0 Å². The van der Waals surface area contributed by atoms with Gasteiger partial charge in [0, 0.05) is 12.6 Å². The number of hydrogen-bond acceptors (Lipinski definition) is 3. The van der Waals surface area contributed by atoms with Crippen LogP contribution in [0, 0.1) is 0 Å². The highest BCUT2D eigenvalue weighted by atomic mass is 16.5. The van der Waals surface area contributed by atoms with E-state index in [2.05, 4.69) is 17.1 Å². The van der Waals surface area contributed by atoms with Gasteiger partial charge < -0.3 is 10.5 Å². The van der Waals surface area contributed by atoms with Gasteiger partial charge in [-0.15, -0.1) is 0 Å². The Labute approximate surface area is 124 Å². The fourth-order valence-corrected chi connectivity index (χ4v) is 2.09. The molecule has 0 fully saturated rings. The Balaban J connectivity index is 1.78. The van der Waals surface area contributed by atoms with Crippen LogP contribution in [0.2, 0.25) is 0 Å². The molecule has 0 spiro atoms. The summed E-state index contributed by atoms with van der Waals surface area (Å²) in [6.07, 6.45) is 0. The molecular formula is C18H16N2O. The Morgan fingerprint density at radius 2 is 1.48 bits per heavy atom. The first kappa shape index (κ1) is 13.3. The Kier molecular flexibility index (Phi) is 3.94. The molecule has 0 saturated heterocycles. The molecule has 1 aromatic heterocycles. The standard InChI is InChI=1S/C18H16N2O/c19-13-16-7-4-8-18(20-16)21-17-11-9-15(10-12-17)14-5-2-1-3-6-14/h1-12H,13,19H2. The number of hydrogen-bond donors (Lipinski definition) is 1. The fraction of sp³-hybridized carbons (Fsp3) is 0.0556. The smallest absolute Gasteiger partial charge is 0.219 e. The van der Waals surface area contributed by atoms with Gasteiger partial charge in [0.15, 0.2) is 0 Å². The summed E-state index contributed by atoms with van der Waals surface area (Å²) in [6, 6.07) is 23.8. The minimum absolute atomic E-state index is 0.407. The lowest BCUT2D eigenvalue weighted by Gasteiger charge is -2.07. The summed E-state index contributed by atoms with van der Waals surface area (Å²) < 4.78 is 5.75. The van der Waals surface area contributed by atoms with Gasteiger partial charge in [0.25, 0.3) is 0 Å². The SMILES string of the molecule is NCc1cccc(Oc2ccc(-c3ccccc3)cc2)n1. The first-order valence-corrected chi connectivity index (χ1v) is 6.84. The zero-order chi connectivity index (χ0) is 14.5. The predicted octanol–water partition coefficient (Wildman–Crippen LogP) is 4.00. The van der Waals surface area contributed by atoms with Crippen molar-refractivity contribution in [1.82, 2.24) is 4.98 Å². The normalized spacial score (nSPS) is 10.3. The van der Waals surface area contributed by atoms with Crippen molar-refractivity contribution in [3.63, 3.8) is 0 Å². The number of ether oxygens (including phenoxy) is 1. The highest BCUT2D eigenvalue weighted by Gasteiger charge is 2.01. The second-order valence-corrected chi connectivity index (χ2v) is 4.66. The molecule has 0 aliphatic rings. The van der Waals surface area contributed by atoms with E-state index in [1.54, 1.807) is 0 Å². The molecule has 0 amide bonds. The van der Waals surface area contributed by atoms with Gasteiger partial charge in [-0.25, -0.2) is 4.98 Å². The van der Waals surface area contributed by atoms with Crippen molar-refractivity contribution in [1.29, 1.82) is 0 Å². The van der Waals surface area contributed by atoms with Crippen molar-refractivity contribution < 1.29 is 4.74 Å². The maximum atomic E-state index is 5.75. The third kappa shape index (κ3) is 3.27. The largest absolute Gasteiger partial charge is 0.439 e. The summed E-state index contributed by atoms with van der Waals surface area (Å²) in [5.74, 6) is 1.32. The van der Waals surface area contributed by atoms with Gasteiger partial charge >= 0.3 is 0 Å². The number of nitrogens with zero attached hydrogens (tertiary/aromatic N) is 1. The zero-order valence-electron chi connectivity index (χ0n) is 11.6. The van der Waals surface area contributed by atoms with Crippen LogP contribution in [0.25, 0.3) is 11.1 Å². The van der Waals surface area contributed by atoms with E-state index in [9.17, 15) is 0 Å². The Bertz CT molecular complexity index is 709. The van der Waals surface area contributed by atoms with Crippen LogP contribution in [0.15, 0.2) is 72.8 Å². The Hall–Kier alpha value is -2.65. The molecular weight excluding hydrogens is 260 g/mol. The molecule has 0 aliphatic heterocycles. The van der Waals surface area contributed by atoms with Gasteiger partial charge in [-0.2, -0.15) is 0 Å². The Morgan fingerprint density at radius 1 is 0.762 bits per heavy atom. The van der Waals surface area contributed by atoms with Crippen molar-refractivity contribution in [3.05, 3.63) is 78.5 Å². The van der Waals surface area contributed by atoms with Gasteiger partial charge in [-0.1, -0.05) is 48.5 Å². The molecule has 21 heavy (non-hydrogen) atoms. The van der Waals surface area contributed by atoms with Crippen LogP contribution in [0.1, 0.15) is 5.69 Å². The number of nitrogens with two attached hydrogens (primary N) is 1. The Morgan fingerprint density at radius 3 is 2.19 bits per heavy atom. The number of aromatic nitrogens is 1. The van der Waals surface area contributed by atoms with E-state index in [0.29, 0.717) is 12.4 Å². The lowest BCUT2D eigenvalue weighted by Crippen LogP contribution is -2.00. The van der Waals surface area contributed by atoms with Crippen LogP contribution < -0.4 is 10.5 Å². The predicted molar refractivity (Wildman–Crippen MR) is 84.1 cm³/mol. The van der Waals surface area contributed by atoms with Crippen molar-refractivity contribution in [2.75, 3.05) is 0 Å². The molecule has 2 N–H and O–H groups in total. The first-order valence-electron chi connectivity index (χ1n) is 6.84. The molecule has 3 rings (SSSR count). The van der Waals surface area contributed by atoms with E-state index in [0.717, 1.165) is 17.0 Å². The van der Waals surface area contributed by atoms with Gasteiger partial charge in [0.1, 0.15) is 5.75 Å². The molecule has 0 aliphatic carbocycles. The topological polar surface area (TPSA) is 48.1 Å². The molecule has 3 heteroatoms. The second kappa shape index (κ2) is 6.20. The molecule has 3 nitrogen and oxygen atoms in total. The summed E-state index contributed by atoms with van der Waals surface area (Å²) >= 11 is 0. The number of benzene rings is 2. The van der Waals surface area contributed by atoms with Crippen molar-refractivity contribution in [3.8, 4) is 22.8 Å². The third-order valence-corrected chi connectivity index (χ3v) is 3.17. The maximum Gasteiger partial charge on any atom is 0.219 e. The molecule has 0 bridgehead atoms. The van der Waals surface area contributed by atoms with E-state index in [1.807, 2.05) is 60.7 Å². The summed E-state index contributed by atoms with van der Waals surface area (Å²) in [5.41, 5.74) is 8.74. The van der Waals surface area contributed by atoms with E-state index < -0.39 is 0 Å². The van der Waals surface area contributed by atoms with Crippen LogP contribution in [0.5, 0.6) is 11.6 Å². The third-order valence-electron chi connectivity index (χ3n) is 3.17. The molecule has 0 radical (unpaired) electrons. The van der Waals surface area contributed by atoms with Crippen molar-refractivity contribution >= 4 is 0 Å². The average Bonchev–Trinajstić information content (AvgIpc) is 2.56. The van der Waals surface area contributed by atoms with Crippen LogP contribution in [0.3, 0.4) is 0 Å². The number of rotatable bonds is 4. The van der Waals surface area contributed by atoms with Crippen LogP contribution in [0.4, 0.5) is 0 Å². The lowest BCUT2D eigenvalue weighted by atomic mass is 10.1. The van der Waals surface area contributed by atoms with Crippen LogP contribution in [-0.2, 0) is 6.54 Å². The quantitative estimate of drug-likeness (QED) is 0.783. The summed E-state index contributed by atoms with van der Waals surface area (Å²) in [6.45, 7) is 0.407. The molecule has 2 aromatic carbocycles. The summed E-state index contributed by atoms with van der Waals surface area (Å²) in [5, 5.41) is 0.